The number of fused-ring (bicyclic) bond motifs is 1. The Morgan fingerprint density at radius 2 is 1.66 bits per heavy atom. The zero-order chi connectivity index (χ0) is 20.6. The highest BCUT2D eigenvalue weighted by molar-refractivity contribution is 6.64. The van der Waals surface area contributed by atoms with Crippen LogP contribution in [0, 0.1) is 0 Å². The first-order valence-corrected chi connectivity index (χ1v) is 10.2. The van der Waals surface area contributed by atoms with E-state index in [4.69, 9.17) is 14.0 Å². The Kier molecular flexibility index (Phi) is 5.17. The van der Waals surface area contributed by atoms with Gasteiger partial charge in [-0.15, -0.1) is 0 Å². The standard InChI is InChI=1S/C23H28BNO4/c1-22(2)23(3,4)29-24(28-22)19-13-17-11-8-12-18(17)14-20(19)25-21(26)27-15-16-9-6-5-7-10-16/h5-7,9-10,13-14H,8,11-12,15H2,1-4H3,(H,25,26). The van der Waals surface area contributed by atoms with Crippen LogP contribution in [-0.4, -0.2) is 24.4 Å². The molecule has 4 rings (SSSR count). The molecule has 0 bridgehead atoms. The number of carbonyl (C=O) groups excluding carboxylic acids is 1. The van der Waals surface area contributed by atoms with Crippen molar-refractivity contribution in [1.82, 2.24) is 0 Å². The molecule has 1 saturated heterocycles. The van der Waals surface area contributed by atoms with Gasteiger partial charge in [0.2, 0.25) is 0 Å². The third kappa shape index (κ3) is 4.05. The van der Waals surface area contributed by atoms with E-state index in [2.05, 4.69) is 11.4 Å². The van der Waals surface area contributed by atoms with Crippen LogP contribution >= 0.6 is 0 Å². The maximum atomic E-state index is 12.5. The minimum absolute atomic E-state index is 0.226. The van der Waals surface area contributed by atoms with Gasteiger partial charge >= 0.3 is 13.2 Å². The van der Waals surface area contributed by atoms with Crippen molar-refractivity contribution in [1.29, 1.82) is 0 Å². The van der Waals surface area contributed by atoms with Crippen LogP contribution < -0.4 is 10.8 Å². The Balaban J connectivity index is 1.55. The molecule has 2 aliphatic rings. The van der Waals surface area contributed by atoms with E-state index < -0.39 is 24.4 Å². The summed E-state index contributed by atoms with van der Waals surface area (Å²) in [5.74, 6) is 0. The van der Waals surface area contributed by atoms with Crippen molar-refractivity contribution in [3.63, 3.8) is 0 Å². The van der Waals surface area contributed by atoms with E-state index in [0.29, 0.717) is 5.69 Å². The van der Waals surface area contributed by atoms with Crippen LogP contribution in [0.4, 0.5) is 10.5 Å². The lowest BCUT2D eigenvalue weighted by atomic mass is 9.76. The molecule has 1 N–H and O–H groups in total. The number of nitrogens with one attached hydrogen (secondary N) is 1. The third-order valence-corrected chi connectivity index (χ3v) is 6.22. The first-order valence-electron chi connectivity index (χ1n) is 10.2. The smallest absolute Gasteiger partial charge is 0.444 e. The van der Waals surface area contributed by atoms with Gasteiger partial charge in [0.05, 0.1) is 11.2 Å². The van der Waals surface area contributed by atoms with Crippen LogP contribution in [0.2, 0.25) is 0 Å². The molecule has 5 nitrogen and oxygen atoms in total. The number of aryl methyl sites for hydroxylation is 2. The lowest BCUT2D eigenvalue weighted by Crippen LogP contribution is -2.41. The van der Waals surface area contributed by atoms with E-state index >= 15 is 0 Å². The molecule has 1 heterocycles. The van der Waals surface area contributed by atoms with Crippen molar-refractivity contribution in [2.24, 2.45) is 0 Å². The molecule has 0 spiro atoms. The topological polar surface area (TPSA) is 56.8 Å². The fourth-order valence-electron chi connectivity index (χ4n) is 3.79. The Labute approximate surface area is 172 Å². The molecule has 1 aliphatic heterocycles. The van der Waals surface area contributed by atoms with Crippen molar-refractivity contribution >= 4 is 24.4 Å². The van der Waals surface area contributed by atoms with Crippen LogP contribution in [0.3, 0.4) is 0 Å². The summed E-state index contributed by atoms with van der Waals surface area (Å²) in [7, 11) is -0.532. The second kappa shape index (κ2) is 7.50. The molecule has 6 heteroatoms. The molecule has 1 aliphatic carbocycles. The van der Waals surface area contributed by atoms with Crippen molar-refractivity contribution in [2.75, 3.05) is 5.32 Å². The van der Waals surface area contributed by atoms with Gasteiger partial charge < -0.3 is 14.0 Å². The monoisotopic (exact) mass is 393 g/mol. The van der Waals surface area contributed by atoms with Crippen LogP contribution in [0.1, 0.15) is 50.8 Å². The fourth-order valence-corrected chi connectivity index (χ4v) is 3.79. The van der Waals surface area contributed by atoms with Crippen molar-refractivity contribution < 1.29 is 18.8 Å². The van der Waals surface area contributed by atoms with Crippen LogP contribution in [0.25, 0.3) is 0 Å². The lowest BCUT2D eigenvalue weighted by molar-refractivity contribution is 0.00578. The summed E-state index contributed by atoms with van der Waals surface area (Å²) in [6.45, 7) is 8.34. The second-order valence-corrected chi connectivity index (χ2v) is 8.84. The first-order chi connectivity index (χ1) is 13.7. The van der Waals surface area contributed by atoms with Crippen LogP contribution in [-0.2, 0) is 33.5 Å². The predicted molar refractivity (Wildman–Crippen MR) is 114 cm³/mol. The number of anilines is 1. The zero-order valence-electron chi connectivity index (χ0n) is 17.6. The SMILES string of the molecule is CC1(C)OB(c2cc3c(cc2NC(=O)OCc2ccccc2)CCC3)OC1(C)C. The third-order valence-electron chi connectivity index (χ3n) is 6.22. The number of hydrogen-bond acceptors (Lipinski definition) is 4. The van der Waals surface area contributed by atoms with Crippen molar-refractivity contribution in [3.05, 3.63) is 59.2 Å². The summed E-state index contributed by atoms with van der Waals surface area (Å²) in [4.78, 5) is 12.5. The molecule has 0 aromatic heterocycles. The number of benzene rings is 2. The molecule has 0 saturated carbocycles. The van der Waals surface area contributed by atoms with E-state index in [-0.39, 0.29) is 6.61 Å². The summed E-state index contributed by atoms with van der Waals surface area (Å²) in [6.07, 6.45) is 2.71. The van der Waals surface area contributed by atoms with Gasteiger partial charge in [0.15, 0.2) is 0 Å². The molecule has 1 amide bonds. The molecule has 0 atom stereocenters. The van der Waals surface area contributed by atoms with E-state index in [1.807, 2.05) is 64.1 Å². The molecule has 0 radical (unpaired) electrons. The Bertz CT molecular complexity index is 895. The van der Waals surface area contributed by atoms with Gasteiger partial charge in [0.25, 0.3) is 0 Å². The lowest BCUT2D eigenvalue weighted by Gasteiger charge is -2.32. The Hall–Kier alpha value is -2.31. The van der Waals surface area contributed by atoms with Gasteiger partial charge in [0, 0.05) is 11.2 Å². The molecule has 152 valence electrons. The van der Waals surface area contributed by atoms with Crippen molar-refractivity contribution in [3.8, 4) is 0 Å². The summed E-state index contributed by atoms with van der Waals surface area (Å²) in [5, 5.41) is 2.92. The van der Waals surface area contributed by atoms with E-state index in [0.717, 1.165) is 30.3 Å². The van der Waals surface area contributed by atoms with Crippen molar-refractivity contribution in [2.45, 2.75) is 64.8 Å². The van der Waals surface area contributed by atoms with E-state index in [1.165, 1.54) is 11.1 Å². The molecular formula is C23H28BNO4. The van der Waals surface area contributed by atoms with Crippen LogP contribution in [0.15, 0.2) is 42.5 Å². The predicted octanol–water partition coefficient (Wildman–Crippen LogP) is 4.22. The maximum Gasteiger partial charge on any atom is 0.496 e. The highest BCUT2D eigenvalue weighted by Gasteiger charge is 2.52. The summed E-state index contributed by atoms with van der Waals surface area (Å²) in [6, 6.07) is 13.8. The number of ether oxygens (including phenoxy) is 1. The second-order valence-electron chi connectivity index (χ2n) is 8.84. The summed E-state index contributed by atoms with van der Waals surface area (Å²) in [5.41, 5.74) is 4.18. The highest BCUT2D eigenvalue weighted by atomic mass is 16.7. The fraction of sp³-hybridized carbons (Fsp3) is 0.435. The molecule has 0 unspecified atom stereocenters. The van der Waals surface area contributed by atoms with Crippen LogP contribution in [0.5, 0.6) is 0 Å². The highest BCUT2D eigenvalue weighted by Crippen LogP contribution is 2.37. The van der Waals surface area contributed by atoms with Gasteiger partial charge in [-0.2, -0.15) is 0 Å². The molecular weight excluding hydrogens is 365 g/mol. The number of carbonyl (C=O) groups is 1. The molecule has 2 aromatic rings. The zero-order valence-corrected chi connectivity index (χ0v) is 17.6. The van der Waals surface area contributed by atoms with E-state index in [1.54, 1.807) is 0 Å². The van der Waals surface area contributed by atoms with Gasteiger partial charge in [-0.25, -0.2) is 4.79 Å². The molecule has 1 fully saturated rings. The first kappa shape index (κ1) is 20.0. The van der Waals surface area contributed by atoms with Gasteiger partial charge in [0.1, 0.15) is 6.61 Å². The minimum Gasteiger partial charge on any atom is -0.444 e. The Morgan fingerprint density at radius 1 is 1.03 bits per heavy atom. The number of hydrogen-bond donors (Lipinski definition) is 1. The Morgan fingerprint density at radius 3 is 2.31 bits per heavy atom. The molecule has 29 heavy (non-hydrogen) atoms. The largest absolute Gasteiger partial charge is 0.496 e. The summed E-state index contributed by atoms with van der Waals surface area (Å²) < 4.78 is 17.9. The van der Waals surface area contributed by atoms with Gasteiger partial charge in [-0.1, -0.05) is 36.4 Å². The average molecular weight is 393 g/mol. The van der Waals surface area contributed by atoms with E-state index in [9.17, 15) is 4.79 Å². The molecule has 2 aromatic carbocycles. The normalized spacial score (nSPS) is 19.1. The number of amides is 1. The average Bonchev–Trinajstić information content (AvgIpc) is 3.21. The maximum absolute atomic E-state index is 12.5. The quantitative estimate of drug-likeness (QED) is 0.791. The van der Waals surface area contributed by atoms with Gasteiger partial charge in [-0.3, -0.25) is 5.32 Å². The summed E-state index contributed by atoms with van der Waals surface area (Å²) >= 11 is 0. The number of rotatable bonds is 4. The minimum atomic E-state index is -0.532. The van der Waals surface area contributed by atoms with Gasteiger partial charge in [-0.05, 0) is 69.7 Å².